The molecule has 0 bridgehead atoms. The highest BCUT2D eigenvalue weighted by atomic mass is 79.9. The summed E-state index contributed by atoms with van der Waals surface area (Å²) in [6, 6.07) is 0. The van der Waals surface area contributed by atoms with Crippen molar-refractivity contribution in [1.29, 1.82) is 0 Å². The molecule has 0 aliphatic rings. The highest BCUT2D eigenvalue weighted by Crippen LogP contribution is 2.28. The maximum atomic E-state index is 10.9. The number of hydrogen-bond acceptors (Lipinski definition) is 0. The average molecular weight is 244 g/mol. The van der Waals surface area contributed by atoms with Gasteiger partial charge in [-0.25, -0.2) is 0 Å². The first kappa shape index (κ1) is 10.3. The molecular weight excluding hydrogens is 241 g/mol. The molecule has 0 rings (SSSR count). The zero-order valence-electron chi connectivity index (χ0n) is 2.62. The van der Waals surface area contributed by atoms with Gasteiger partial charge in [-0.15, -0.1) is 17.0 Å². The summed E-state index contributed by atoms with van der Waals surface area (Å²) in [7, 11) is 1.30. The van der Waals surface area contributed by atoms with Crippen molar-refractivity contribution in [2.24, 2.45) is 0 Å². The third kappa shape index (κ3) is 60.7. The molecule has 0 aromatic rings. The summed E-state index contributed by atoms with van der Waals surface area (Å²) in [5.74, 6) is 0. The van der Waals surface area contributed by atoms with E-state index in [1.54, 1.807) is 0 Å². The Balaban J connectivity index is 0. The Hall–Kier alpha value is 1.25. The van der Waals surface area contributed by atoms with Crippen LogP contribution in [0.4, 0.5) is 8.78 Å². The molecule has 40 valence electrons. The van der Waals surface area contributed by atoms with Crippen LogP contribution in [-0.2, 0) is 0 Å². The normalized spacial score (nSPS) is 10.0. The van der Waals surface area contributed by atoms with Gasteiger partial charge in [0.1, 0.15) is 0 Å². The molecule has 0 aromatic heterocycles. The first-order chi connectivity index (χ1) is 2.00. The van der Waals surface area contributed by atoms with Gasteiger partial charge in [-0.2, -0.15) is 8.78 Å². The van der Waals surface area contributed by atoms with Crippen LogP contribution in [0, 0.1) is 0 Å². The van der Waals surface area contributed by atoms with Crippen LogP contribution in [0.15, 0.2) is 0 Å². The van der Waals surface area contributed by atoms with E-state index < -0.39 is 4.57 Å². The van der Waals surface area contributed by atoms with Crippen LogP contribution in [0.1, 0.15) is 0 Å². The largest absolute Gasteiger partial charge is 0.311 e. The van der Waals surface area contributed by atoms with E-state index in [1.807, 2.05) is 15.9 Å². The standard InChI is InChI=1S/CH2BrF2P.BrH/c2-1(3,4)5;/h5H2;1H. The van der Waals surface area contributed by atoms with Crippen LogP contribution < -0.4 is 0 Å². The summed E-state index contributed by atoms with van der Waals surface area (Å²) in [4.78, 5) is 0. The van der Waals surface area contributed by atoms with Crippen LogP contribution >= 0.6 is 42.2 Å². The van der Waals surface area contributed by atoms with Crippen molar-refractivity contribution in [1.82, 2.24) is 0 Å². The Morgan fingerprint density at radius 2 is 1.50 bits per heavy atom. The number of alkyl halides is 3. The minimum Gasteiger partial charge on any atom is -0.189 e. The van der Waals surface area contributed by atoms with Gasteiger partial charge in [0.2, 0.25) is 0 Å². The van der Waals surface area contributed by atoms with E-state index >= 15 is 0 Å². The molecule has 0 aromatic carbocycles. The molecule has 0 N–H and O–H groups in total. The Morgan fingerprint density at radius 1 is 1.50 bits per heavy atom. The molecule has 0 saturated heterocycles. The van der Waals surface area contributed by atoms with Crippen molar-refractivity contribution in [3.8, 4) is 0 Å². The van der Waals surface area contributed by atoms with E-state index in [-0.39, 0.29) is 17.0 Å². The van der Waals surface area contributed by atoms with Gasteiger partial charge in [0.05, 0.1) is 0 Å². The predicted molar refractivity (Wildman–Crippen MR) is 33.9 cm³/mol. The summed E-state index contributed by atoms with van der Waals surface area (Å²) < 4.78 is 19.0. The Kier molecular flexibility index (Phi) is 5.61. The molecule has 0 amide bonds. The molecule has 0 heterocycles. The van der Waals surface area contributed by atoms with Gasteiger partial charge in [0, 0.05) is 0 Å². The van der Waals surface area contributed by atoms with Crippen LogP contribution in [0.2, 0.25) is 0 Å². The van der Waals surface area contributed by atoms with Crippen LogP contribution in [-0.4, -0.2) is 4.57 Å². The van der Waals surface area contributed by atoms with Gasteiger partial charge in [-0.05, 0) is 25.2 Å². The lowest BCUT2D eigenvalue weighted by molar-refractivity contribution is 0.220. The first-order valence-electron chi connectivity index (χ1n) is 0.856. The highest BCUT2D eigenvalue weighted by Gasteiger charge is 2.12. The summed E-state index contributed by atoms with van der Waals surface area (Å²) in [6.07, 6.45) is 0. The maximum Gasteiger partial charge on any atom is 0.311 e. The predicted octanol–water partition coefficient (Wildman–Crippen LogP) is 2.38. The van der Waals surface area contributed by atoms with Gasteiger partial charge in [0.15, 0.2) is 0 Å². The molecule has 6 heavy (non-hydrogen) atoms. The van der Waals surface area contributed by atoms with Crippen LogP contribution in [0.5, 0.6) is 0 Å². The summed E-state index contributed by atoms with van der Waals surface area (Å²) in [5.41, 5.74) is 0. The lowest BCUT2D eigenvalue weighted by atomic mass is 11.7. The fraction of sp³-hybridized carbons (Fsp3) is 1.00. The lowest BCUT2D eigenvalue weighted by Gasteiger charge is -1.91. The Bertz CT molecular complexity index is 27.0. The smallest absolute Gasteiger partial charge is 0.189 e. The average Bonchev–Trinajstić information content (AvgIpc) is 0.722. The van der Waals surface area contributed by atoms with Gasteiger partial charge in [-0.1, -0.05) is 0 Å². The Morgan fingerprint density at radius 3 is 1.50 bits per heavy atom. The van der Waals surface area contributed by atoms with Gasteiger partial charge in [0.25, 0.3) is 0 Å². The maximum absolute atomic E-state index is 10.9. The molecule has 0 aliphatic carbocycles. The van der Waals surface area contributed by atoms with E-state index in [2.05, 4.69) is 0 Å². The third-order valence-electron chi connectivity index (χ3n) is 0. The van der Waals surface area contributed by atoms with Gasteiger partial charge in [-0.3, -0.25) is 0 Å². The van der Waals surface area contributed by atoms with Gasteiger partial charge < -0.3 is 0 Å². The number of halogens is 4. The minimum absolute atomic E-state index is 0. The van der Waals surface area contributed by atoms with Crippen molar-refractivity contribution in [2.75, 3.05) is 0 Å². The molecule has 0 radical (unpaired) electrons. The zero-order chi connectivity index (χ0) is 4.50. The fourth-order valence-electron chi connectivity index (χ4n) is 0. The lowest BCUT2D eigenvalue weighted by Crippen LogP contribution is -1.83. The number of rotatable bonds is 0. The van der Waals surface area contributed by atoms with Crippen LogP contribution in [0.3, 0.4) is 0 Å². The minimum atomic E-state index is -2.77. The van der Waals surface area contributed by atoms with E-state index in [0.717, 1.165) is 0 Å². The molecule has 0 aliphatic heterocycles. The Labute approximate surface area is 55.8 Å². The molecule has 1 atom stereocenters. The van der Waals surface area contributed by atoms with E-state index in [1.165, 1.54) is 9.24 Å². The van der Waals surface area contributed by atoms with E-state index in [9.17, 15) is 8.78 Å². The molecular formula is CH3Br2F2P. The monoisotopic (exact) mass is 242 g/mol. The topological polar surface area (TPSA) is 0 Å². The van der Waals surface area contributed by atoms with Crippen LogP contribution in [0.25, 0.3) is 0 Å². The highest BCUT2D eigenvalue weighted by molar-refractivity contribution is 9.10. The molecule has 0 saturated carbocycles. The molecule has 0 fully saturated rings. The first-order valence-corrected chi connectivity index (χ1v) is 2.23. The third-order valence-corrected chi connectivity index (χ3v) is 0. The molecule has 5 heteroatoms. The summed E-state index contributed by atoms with van der Waals surface area (Å²) in [6.45, 7) is 0. The van der Waals surface area contributed by atoms with Crippen molar-refractivity contribution in [2.45, 2.75) is 4.57 Å². The second-order valence-electron chi connectivity index (χ2n) is 0.542. The molecule has 0 spiro atoms. The molecule has 1 unspecified atom stereocenters. The van der Waals surface area contributed by atoms with Gasteiger partial charge >= 0.3 is 4.57 Å². The summed E-state index contributed by atoms with van der Waals surface area (Å²) >= 11 is 2.00. The molecule has 0 nitrogen and oxygen atoms in total. The van der Waals surface area contributed by atoms with Crippen molar-refractivity contribution in [3.63, 3.8) is 0 Å². The van der Waals surface area contributed by atoms with Crippen molar-refractivity contribution in [3.05, 3.63) is 0 Å². The van der Waals surface area contributed by atoms with E-state index in [0.29, 0.717) is 0 Å². The zero-order valence-corrected chi connectivity index (χ0v) is 7.07. The number of hydrogen-bond donors (Lipinski definition) is 0. The second kappa shape index (κ2) is 3.28. The second-order valence-corrected chi connectivity index (χ2v) is 3.17. The SMILES string of the molecule is Br.FC(F)(P)Br. The van der Waals surface area contributed by atoms with Crippen molar-refractivity contribution < 1.29 is 8.78 Å². The quantitative estimate of drug-likeness (QED) is 0.453. The summed E-state index contributed by atoms with van der Waals surface area (Å²) in [5, 5.41) is 0. The van der Waals surface area contributed by atoms with E-state index in [4.69, 9.17) is 0 Å². The van der Waals surface area contributed by atoms with Crippen molar-refractivity contribution >= 4 is 42.2 Å². The fourth-order valence-corrected chi connectivity index (χ4v) is 0.